The maximum atomic E-state index is 10.8. The van der Waals surface area contributed by atoms with Gasteiger partial charge in [-0.2, -0.15) is 0 Å². The fourth-order valence-electron chi connectivity index (χ4n) is 1.91. The molecule has 4 nitrogen and oxygen atoms in total. The van der Waals surface area contributed by atoms with E-state index in [0.29, 0.717) is 5.82 Å². The second-order valence-corrected chi connectivity index (χ2v) is 4.46. The Morgan fingerprint density at radius 3 is 2.47 bits per heavy atom. The second kappa shape index (κ2) is 5.61. The molecule has 0 aliphatic carbocycles. The van der Waals surface area contributed by atoms with Gasteiger partial charge in [-0.25, -0.2) is 14.8 Å². The zero-order valence-corrected chi connectivity index (χ0v) is 11.1. The van der Waals surface area contributed by atoms with Gasteiger partial charge in [0.25, 0.3) is 0 Å². The van der Waals surface area contributed by atoms with Gasteiger partial charge in [-0.05, 0) is 31.5 Å². The first-order valence-electron chi connectivity index (χ1n) is 6.28. The van der Waals surface area contributed by atoms with E-state index in [1.54, 1.807) is 24.3 Å². The SMILES string of the molecule is CCCc1cc(C)nc(-c2ccc(C(=O)O)cc2)n1. The molecular weight excluding hydrogens is 240 g/mol. The molecule has 0 spiro atoms. The fraction of sp³-hybridized carbons (Fsp3) is 0.267. The molecule has 98 valence electrons. The smallest absolute Gasteiger partial charge is 0.335 e. The van der Waals surface area contributed by atoms with Crippen LogP contribution in [0.5, 0.6) is 0 Å². The average Bonchev–Trinajstić information content (AvgIpc) is 2.38. The van der Waals surface area contributed by atoms with Crippen LogP contribution in [0.1, 0.15) is 35.1 Å². The van der Waals surface area contributed by atoms with Crippen LogP contribution in [0.25, 0.3) is 11.4 Å². The summed E-state index contributed by atoms with van der Waals surface area (Å²) in [4.78, 5) is 19.7. The number of aryl methyl sites for hydroxylation is 2. The molecule has 1 aromatic carbocycles. The van der Waals surface area contributed by atoms with Gasteiger partial charge in [0.1, 0.15) is 0 Å². The van der Waals surface area contributed by atoms with Gasteiger partial charge >= 0.3 is 5.97 Å². The summed E-state index contributed by atoms with van der Waals surface area (Å²) in [5.41, 5.74) is 3.05. The standard InChI is InChI=1S/C15H16N2O2/c1-3-4-13-9-10(2)16-14(17-13)11-5-7-12(8-6-11)15(18)19/h5-9H,3-4H2,1-2H3,(H,18,19). The number of nitrogens with zero attached hydrogens (tertiary/aromatic N) is 2. The molecule has 0 aliphatic heterocycles. The minimum absolute atomic E-state index is 0.269. The van der Waals surface area contributed by atoms with Gasteiger partial charge in [0.15, 0.2) is 5.82 Å². The number of carbonyl (C=O) groups is 1. The Morgan fingerprint density at radius 1 is 1.21 bits per heavy atom. The van der Waals surface area contributed by atoms with E-state index in [4.69, 9.17) is 5.11 Å². The molecule has 0 radical (unpaired) electrons. The number of benzene rings is 1. The van der Waals surface area contributed by atoms with E-state index in [9.17, 15) is 4.79 Å². The van der Waals surface area contributed by atoms with Crippen molar-refractivity contribution in [3.8, 4) is 11.4 Å². The van der Waals surface area contributed by atoms with Crippen molar-refractivity contribution < 1.29 is 9.90 Å². The Hall–Kier alpha value is -2.23. The van der Waals surface area contributed by atoms with Crippen LogP contribution in [-0.4, -0.2) is 21.0 Å². The molecule has 0 bridgehead atoms. The summed E-state index contributed by atoms with van der Waals surface area (Å²) in [5.74, 6) is -0.274. The van der Waals surface area contributed by atoms with Gasteiger partial charge in [-0.15, -0.1) is 0 Å². The minimum Gasteiger partial charge on any atom is -0.478 e. The van der Waals surface area contributed by atoms with Crippen molar-refractivity contribution in [3.63, 3.8) is 0 Å². The van der Waals surface area contributed by atoms with Crippen molar-refractivity contribution in [2.45, 2.75) is 26.7 Å². The van der Waals surface area contributed by atoms with Gasteiger partial charge in [0.05, 0.1) is 5.56 Å². The van der Waals surface area contributed by atoms with Crippen LogP contribution in [0, 0.1) is 6.92 Å². The summed E-state index contributed by atoms with van der Waals surface area (Å²) in [5, 5.41) is 8.87. The number of hydrogen-bond acceptors (Lipinski definition) is 3. The van der Waals surface area contributed by atoms with Gasteiger partial charge in [-0.1, -0.05) is 25.5 Å². The summed E-state index contributed by atoms with van der Waals surface area (Å²) in [6.45, 7) is 4.05. The monoisotopic (exact) mass is 256 g/mol. The van der Waals surface area contributed by atoms with E-state index in [1.165, 1.54) is 0 Å². The lowest BCUT2D eigenvalue weighted by Crippen LogP contribution is -1.99. The number of aromatic nitrogens is 2. The lowest BCUT2D eigenvalue weighted by molar-refractivity contribution is 0.0697. The second-order valence-electron chi connectivity index (χ2n) is 4.46. The number of aromatic carboxylic acids is 1. The highest BCUT2D eigenvalue weighted by Crippen LogP contribution is 2.17. The van der Waals surface area contributed by atoms with Crippen LogP contribution in [-0.2, 0) is 6.42 Å². The Labute approximate surface area is 112 Å². The highest BCUT2D eigenvalue weighted by molar-refractivity contribution is 5.88. The molecule has 19 heavy (non-hydrogen) atoms. The topological polar surface area (TPSA) is 63.1 Å². The molecule has 0 fully saturated rings. The quantitative estimate of drug-likeness (QED) is 0.913. The molecule has 0 amide bonds. The van der Waals surface area contributed by atoms with Crippen molar-refractivity contribution in [2.24, 2.45) is 0 Å². The van der Waals surface area contributed by atoms with Crippen LogP contribution < -0.4 is 0 Å². The van der Waals surface area contributed by atoms with Crippen molar-refractivity contribution in [2.75, 3.05) is 0 Å². The molecule has 2 aromatic rings. The molecule has 0 atom stereocenters. The molecule has 0 saturated carbocycles. The molecule has 1 N–H and O–H groups in total. The predicted molar refractivity (Wildman–Crippen MR) is 73.2 cm³/mol. The predicted octanol–water partition coefficient (Wildman–Crippen LogP) is 3.10. The highest BCUT2D eigenvalue weighted by atomic mass is 16.4. The Morgan fingerprint density at radius 2 is 1.89 bits per heavy atom. The largest absolute Gasteiger partial charge is 0.478 e. The molecule has 4 heteroatoms. The summed E-state index contributed by atoms with van der Waals surface area (Å²) >= 11 is 0. The maximum Gasteiger partial charge on any atom is 0.335 e. The molecule has 0 saturated heterocycles. The van der Waals surface area contributed by atoms with E-state index >= 15 is 0 Å². The first kappa shape index (κ1) is 13.2. The van der Waals surface area contributed by atoms with E-state index in [-0.39, 0.29) is 5.56 Å². The lowest BCUT2D eigenvalue weighted by Gasteiger charge is -2.05. The first-order chi connectivity index (χ1) is 9.10. The molecule has 0 aliphatic rings. The zero-order valence-electron chi connectivity index (χ0n) is 11.1. The Balaban J connectivity index is 2.37. The summed E-state index contributed by atoms with van der Waals surface area (Å²) < 4.78 is 0. The van der Waals surface area contributed by atoms with Crippen molar-refractivity contribution in [1.29, 1.82) is 0 Å². The number of carboxylic acids is 1. The highest BCUT2D eigenvalue weighted by Gasteiger charge is 2.07. The molecule has 1 heterocycles. The van der Waals surface area contributed by atoms with E-state index in [2.05, 4.69) is 16.9 Å². The average molecular weight is 256 g/mol. The zero-order chi connectivity index (χ0) is 13.8. The maximum absolute atomic E-state index is 10.8. The van der Waals surface area contributed by atoms with Crippen LogP contribution in [0.3, 0.4) is 0 Å². The summed E-state index contributed by atoms with van der Waals surface area (Å²) in [6.07, 6.45) is 1.96. The number of hydrogen-bond donors (Lipinski definition) is 1. The third-order valence-corrected chi connectivity index (χ3v) is 2.80. The van der Waals surface area contributed by atoms with Gasteiger partial charge in [0, 0.05) is 17.0 Å². The summed E-state index contributed by atoms with van der Waals surface area (Å²) in [7, 11) is 0. The normalized spacial score (nSPS) is 10.4. The van der Waals surface area contributed by atoms with Crippen LogP contribution in [0.15, 0.2) is 30.3 Å². The lowest BCUT2D eigenvalue weighted by atomic mass is 10.1. The Bertz CT molecular complexity index is 592. The van der Waals surface area contributed by atoms with E-state index in [0.717, 1.165) is 29.8 Å². The van der Waals surface area contributed by atoms with Gasteiger partial charge in [-0.3, -0.25) is 0 Å². The first-order valence-corrected chi connectivity index (χ1v) is 6.28. The molecule has 1 aromatic heterocycles. The van der Waals surface area contributed by atoms with Gasteiger partial charge in [0.2, 0.25) is 0 Å². The number of carboxylic acid groups (broad SMARTS) is 1. The molecule has 0 unspecified atom stereocenters. The summed E-state index contributed by atoms with van der Waals surface area (Å²) in [6, 6.07) is 8.62. The van der Waals surface area contributed by atoms with Gasteiger partial charge < -0.3 is 5.11 Å². The fourth-order valence-corrected chi connectivity index (χ4v) is 1.91. The van der Waals surface area contributed by atoms with E-state index < -0.39 is 5.97 Å². The third-order valence-electron chi connectivity index (χ3n) is 2.80. The van der Waals surface area contributed by atoms with Crippen molar-refractivity contribution in [3.05, 3.63) is 47.3 Å². The molecular formula is C15H16N2O2. The third kappa shape index (κ3) is 3.16. The van der Waals surface area contributed by atoms with Crippen LogP contribution >= 0.6 is 0 Å². The minimum atomic E-state index is -0.927. The van der Waals surface area contributed by atoms with Crippen LogP contribution in [0.2, 0.25) is 0 Å². The number of rotatable bonds is 4. The van der Waals surface area contributed by atoms with Crippen molar-refractivity contribution >= 4 is 5.97 Å². The molecule has 2 rings (SSSR count). The van der Waals surface area contributed by atoms with Crippen LogP contribution in [0.4, 0.5) is 0 Å². The van der Waals surface area contributed by atoms with E-state index in [1.807, 2.05) is 13.0 Å². The Kier molecular flexibility index (Phi) is 3.90. The van der Waals surface area contributed by atoms with Crippen molar-refractivity contribution in [1.82, 2.24) is 9.97 Å².